The Labute approximate surface area is 210 Å². The minimum Gasteiger partial charge on any atom is -0.490 e. The number of carboxylic acids is 1. The molecule has 0 aromatic heterocycles. The van der Waals surface area contributed by atoms with Gasteiger partial charge in [-0.1, -0.05) is 66.7 Å². The van der Waals surface area contributed by atoms with Crippen LogP contribution in [0.1, 0.15) is 65.2 Å². The highest BCUT2D eigenvalue weighted by molar-refractivity contribution is 5.88. The molecule has 0 unspecified atom stereocenters. The van der Waals surface area contributed by atoms with Crippen molar-refractivity contribution in [2.24, 2.45) is 0 Å². The SMILES string of the molecule is C[C@@H](NCCC[C@@H]1C[C@H](c2ccc(F)c(C(=O)O)c2)c2ccccc2O1)c1cccc2ccccc12. The second-order valence-electron chi connectivity index (χ2n) is 9.50. The average Bonchev–Trinajstić information content (AvgIpc) is 2.90. The van der Waals surface area contributed by atoms with Crippen molar-refractivity contribution in [1.82, 2.24) is 5.32 Å². The molecule has 4 aromatic carbocycles. The van der Waals surface area contributed by atoms with Crippen molar-refractivity contribution >= 4 is 16.7 Å². The number of rotatable bonds is 8. The lowest BCUT2D eigenvalue weighted by atomic mass is 9.82. The van der Waals surface area contributed by atoms with E-state index in [1.807, 2.05) is 24.3 Å². The van der Waals surface area contributed by atoms with Crippen molar-refractivity contribution in [2.75, 3.05) is 6.54 Å². The first-order chi connectivity index (χ1) is 17.5. The molecule has 1 aliphatic heterocycles. The van der Waals surface area contributed by atoms with Crippen LogP contribution in [0.2, 0.25) is 0 Å². The summed E-state index contributed by atoms with van der Waals surface area (Å²) in [5.41, 5.74) is 2.82. The van der Waals surface area contributed by atoms with Gasteiger partial charge < -0.3 is 15.2 Å². The number of halogens is 1. The Morgan fingerprint density at radius 1 is 1.06 bits per heavy atom. The first-order valence-corrected chi connectivity index (χ1v) is 12.5. The van der Waals surface area contributed by atoms with Crippen molar-refractivity contribution in [1.29, 1.82) is 0 Å². The molecule has 0 amide bonds. The minimum atomic E-state index is -1.25. The second kappa shape index (κ2) is 10.5. The van der Waals surface area contributed by atoms with E-state index in [-0.39, 0.29) is 23.6 Å². The zero-order valence-electron chi connectivity index (χ0n) is 20.3. The summed E-state index contributed by atoms with van der Waals surface area (Å²) in [7, 11) is 0. The highest BCUT2D eigenvalue weighted by atomic mass is 19.1. The van der Waals surface area contributed by atoms with Gasteiger partial charge in [-0.05, 0) is 72.8 Å². The summed E-state index contributed by atoms with van der Waals surface area (Å²) in [5, 5.41) is 15.6. The fourth-order valence-electron chi connectivity index (χ4n) is 5.30. The Morgan fingerprint density at radius 2 is 1.83 bits per heavy atom. The van der Waals surface area contributed by atoms with Gasteiger partial charge in [0.2, 0.25) is 0 Å². The fraction of sp³-hybridized carbons (Fsp3) is 0.258. The van der Waals surface area contributed by atoms with Crippen LogP contribution in [0.25, 0.3) is 10.8 Å². The van der Waals surface area contributed by atoms with E-state index in [4.69, 9.17) is 4.74 Å². The average molecular weight is 484 g/mol. The number of nitrogens with one attached hydrogen (secondary N) is 1. The summed E-state index contributed by atoms with van der Waals surface area (Å²) in [6, 6.07) is 27.4. The zero-order valence-corrected chi connectivity index (χ0v) is 20.3. The van der Waals surface area contributed by atoms with E-state index < -0.39 is 11.8 Å². The third-order valence-electron chi connectivity index (χ3n) is 7.15. The fourth-order valence-corrected chi connectivity index (χ4v) is 5.30. The molecule has 1 aliphatic rings. The molecule has 4 aromatic rings. The summed E-state index contributed by atoms with van der Waals surface area (Å²) in [6.45, 7) is 3.05. The number of para-hydroxylation sites is 1. The standard InChI is InChI=1S/C31H30FNO3/c1-20(24-13-6-9-21-8-2-3-11-25(21)24)33-17-7-10-23-19-27(26-12-4-5-14-30(26)36-23)22-15-16-29(32)28(18-22)31(34)35/h2-6,8-9,11-16,18,20,23,27,33H,7,10,17,19H2,1H3,(H,34,35)/t20-,23-,27-/m1/s1. The van der Waals surface area contributed by atoms with Gasteiger partial charge in [-0.15, -0.1) is 0 Å². The van der Waals surface area contributed by atoms with Gasteiger partial charge in [0.05, 0.1) is 11.7 Å². The summed E-state index contributed by atoms with van der Waals surface area (Å²) in [4.78, 5) is 11.5. The van der Waals surface area contributed by atoms with Crippen molar-refractivity contribution in [2.45, 2.75) is 44.2 Å². The molecule has 0 radical (unpaired) electrons. The van der Waals surface area contributed by atoms with E-state index in [1.54, 1.807) is 6.07 Å². The number of benzene rings is 4. The summed E-state index contributed by atoms with van der Waals surface area (Å²) in [6.07, 6.45) is 2.53. The molecular weight excluding hydrogens is 453 g/mol. The topological polar surface area (TPSA) is 58.6 Å². The van der Waals surface area contributed by atoms with E-state index in [2.05, 4.69) is 54.7 Å². The summed E-state index contributed by atoms with van der Waals surface area (Å²) < 4.78 is 20.3. The van der Waals surface area contributed by atoms with E-state index in [9.17, 15) is 14.3 Å². The molecular formula is C31H30FNO3. The maximum Gasteiger partial charge on any atom is 0.338 e. The quantitative estimate of drug-likeness (QED) is 0.263. The molecule has 184 valence electrons. The van der Waals surface area contributed by atoms with Gasteiger partial charge in [-0.2, -0.15) is 0 Å². The summed E-state index contributed by atoms with van der Waals surface area (Å²) >= 11 is 0. The van der Waals surface area contributed by atoms with Gasteiger partial charge >= 0.3 is 5.97 Å². The van der Waals surface area contributed by atoms with E-state index >= 15 is 0 Å². The number of fused-ring (bicyclic) bond motifs is 2. The normalized spacial score (nSPS) is 17.8. The Morgan fingerprint density at radius 3 is 2.69 bits per heavy atom. The molecule has 5 heteroatoms. The third kappa shape index (κ3) is 4.98. The lowest BCUT2D eigenvalue weighted by molar-refractivity contribution is 0.0691. The van der Waals surface area contributed by atoms with Gasteiger partial charge in [-0.3, -0.25) is 0 Å². The Hall–Kier alpha value is -3.70. The monoisotopic (exact) mass is 483 g/mol. The number of hydrogen-bond donors (Lipinski definition) is 2. The minimum absolute atomic E-state index is 0.00195. The van der Waals surface area contributed by atoms with Crippen LogP contribution in [0.5, 0.6) is 5.75 Å². The maximum atomic E-state index is 14.0. The number of carbonyl (C=O) groups is 1. The van der Waals surface area contributed by atoms with Gasteiger partial charge in [0.15, 0.2) is 0 Å². The van der Waals surface area contributed by atoms with Crippen LogP contribution in [0.15, 0.2) is 84.9 Å². The van der Waals surface area contributed by atoms with Crippen LogP contribution in [0, 0.1) is 5.82 Å². The number of ether oxygens (including phenoxy) is 1. The van der Waals surface area contributed by atoms with Crippen LogP contribution >= 0.6 is 0 Å². The number of aromatic carboxylic acids is 1. The number of hydrogen-bond acceptors (Lipinski definition) is 3. The Balaban J connectivity index is 1.25. The molecule has 0 fully saturated rings. The molecule has 4 nitrogen and oxygen atoms in total. The predicted octanol–water partition coefficient (Wildman–Crippen LogP) is 7.09. The Kier molecular flexibility index (Phi) is 7.01. The van der Waals surface area contributed by atoms with Crippen molar-refractivity contribution in [3.05, 3.63) is 113 Å². The van der Waals surface area contributed by atoms with Crippen molar-refractivity contribution in [3.63, 3.8) is 0 Å². The highest BCUT2D eigenvalue weighted by Crippen LogP contribution is 2.41. The molecule has 3 atom stereocenters. The van der Waals surface area contributed by atoms with Crippen LogP contribution in [0.4, 0.5) is 4.39 Å². The molecule has 36 heavy (non-hydrogen) atoms. The molecule has 1 heterocycles. The van der Waals surface area contributed by atoms with Crippen LogP contribution < -0.4 is 10.1 Å². The highest BCUT2D eigenvalue weighted by Gasteiger charge is 2.30. The van der Waals surface area contributed by atoms with Crippen LogP contribution in [-0.2, 0) is 0 Å². The Bertz CT molecular complexity index is 1380. The smallest absolute Gasteiger partial charge is 0.338 e. The molecule has 0 saturated carbocycles. The molecule has 2 N–H and O–H groups in total. The van der Waals surface area contributed by atoms with Crippen molar-refractivity contribution in [3.8, 4) is 5.75 Å². The number of carboxylic acid groups (broad SMARTS) is 1. The zero-order chi connectivity index (χ0) is 25.1. The van der Waals surface area contributed by atoms with E-state index in [0.717, 1.165) is 42.7 Å². The molecule has 0 bridgehead atoms. The summed E-state index contributed by atoms with van der Waals surface area (Å²) in [5.74, 6) is -1.19. The first kappa shape index (κ1) is 24.0. The second-order valence-corrected chi connectivity index (χ2v) is 9.50. The van der Waals surface area contributed by atoms with Gasteiger partial charge in [0.1, 0.15) is 11.6 Å². The lowest BCUT2D eigenvalue weighted by Crippen LogP contribution is -2.28. The largest absolute Gasteiger partial charge is 0.490 e. The lowest BCUT2D eigenvalue weighted by Gasteiger charge is -2.33. The van der Waals surface area contributed by atoms with Crippen LogP contribution in [0.3, 0.4) is 0 Å². The van der Waals surface area contributed by atoms with E-state index in [1.165, 1.54) is 28.5 Å². The van der Waals surface area contributed by atoms with Gasteiger partial charge in [-0.25, -0.2) is 9.18 Å². The third-order valence-corrected chi connectivity index (χ3v) is 7.15. The van der Waals surface area contributed by atoms with E-state index in [0.29, 0.717) is 0 Å². The molecule has 5 rings (SSSR count). The first-order valence-electron chi connectivity index (χ1n) is 12.5. The van der Waals surface area contributed by atoms with Crippen molar-refractivity contribution < 1.29 is 19.0 Å². The maximum absolute atomic E-state index is 14.0. The van der Waals surface area contributed by atoms with Crippen LogP contribution in [-0.4, -0.2) is 23.7 Å². The molecule has 0 spiro atoms. The van der Waals surface area contributed by atoms with Gasteiger partial charge in [0, 0.05) is 17.5 Å². The molecule has 0 saturated heterocycles. The van der Waals surface area contributed by atoms with Gasteiger partial charge in [0.25, 0.3) is 0 Å². The predicted molar refractivity (Wildman–Crippen MR) is 140 cm³/mol. The molecule has 0 aliphatic carbocycles.